The summed E-state index contributed by atoms with van der Waals surface area (Å²) in [6, 6.07) is 1.21. The fraction of sp³-hybridized carbons (Fsp3) is 0.368. The number of aromatic amines is 1. The number of H-pyrrole nitrogens is 1. The van der Waals surface area contributed by atoms with Gasteiger partial charge in [0.2, 0.25) is 0 Å². The van der Waals surface area contributed by atoms with Crippen LogP contribution in [0.25, 0.3) is 22.4 Å². The lowest BCUT2D eigenvalue weighted by Crippen LogP contribution is -2.27. The summed E-state index contributed by atoms with van der Waals surface area (Å²) in [6.45, 7) is 3.80. The second-order valence-corrected chi connectivity index (χ2v) is 8.11. The molecule has 0 saturated carbocycles. The first kappa shape index (κ1) is 20.5. The van der Waals surface area contributed by atoms with Gasteiger partial charge in [0.1, 0.15) is 5.65 Å². The van der Waals surface area contributed by atoms with Crippen molar-refractivity contribution in [2.45, 2.75) is 32.7 Å². The number of carbonyl (C=O) groups is 1. The third-order valence-electron chi connectivity index (χ3n) is 4.23. The van der Waals surface area contributed by atoms with Crippen LogP contribution in [0.15, 0.2) is 24.7 Å². The molecule has 0 radical (unpaired) electrons. The van der Waals surface area contributed by atoms with Crippen LogP contribution in [0.2, 0.25) is 5.02 Å². The zero-order valence-corrected chi connectivity index (χ0v) is 17.2. The highest BCUT2D eigenvalue weighted by molar-refractivity contribution is 7.99. The highest BCUT2D eigenvalue weighted by Gasteiger charge is 2.18. The van der Waals surface area contributed by atoms with Crippen LogP contribution in [0.3, 0.4) is 0 Å². The van der Waals surface area contributed by atoms with Gasteiger partial charge in [0.15, 0.2) is 23.2 Å². The topological polar surface area (TPSA) is 83.6 Å². The zero-order valence-electron chi connectivity index (χ0n) is 15.6. The molecular weight excluding hydrogens is 401 g/mol. The van der Waals surface area contributed by atoms with Crippen LogP contribution < -0.4 is 5.32 Å². The molecule has 9 heteroatoms. The van der Waals surface area contributed by atoms with Crippen LogP contribution in [0.4, 0.5) is 10.2 Å². The van der Waals surface area contributed by atoms with Crippen molar-refractivity contribution in [1.29, 1.82) is 0 Å². The van der Waals surface area contributed by atoms with Crippen LogP contribution in [-0.2, 0) is 4.79 Å². The summed E-state index contributed by atoms with van der Waals surface area (Å²) in [5, 5.41) is 4.10. The molecule has 0 aromatic carbocycles. The van der Waals surface area contributed by atoms with Crippen LogP contribution in [0.1, 0.15) is 26.7 Å². The Morgan fingerprint density at radius 3 is 3.00 bits per heavy atom. The number of pyridine rings is 1. The lowest BCUT2D eigenvalue weighted by Gasteiger charge is -2.14. The summed E-state index contributed by atoms with van der Waals surface area (Å²) in [6.07, 6.45) is 5.59. The van der Waals surface area contributed by atoms with Crippen molar-refractivity contribution in [1.82, 2.24) is 19.9 Å². The average molecular weight is 422 g/mol. The van der Waals surface area contributed by atoms with Crippen molar-refractivity contribution < 1.29 is 9.18 Å². The number of aromatic nitrogens is 4. The van der Waals surface area contributed by atoms with E-state index in [2.05, 4.69) is 32.2 Å². The molecule has 0 saturated heterocycles. The van der Waals surface area contributed by atoms with Crippen molar-refractivity contribution in [3.05, 3.63) is 35.5 Å². The van der Waals surface area contributed by atoms with E-state index < -0.39 is 11.9 Å². The quantitative estimate of drug-likeness (QED) is 0.486. The predicted octanol–water partition coefficient (Wildman–Crippen LogP) is 4.72. The summed E-state index contributed by atoms with van der Waals surface area (Å²) >= 11 is 7.83. The molecule has 0 bridgehead atoms. The normalized spacial score (nSPS) is 12.3. The number of thioether (sulfide) groups is 1. The number of ketones is 1. The first-order valence-electron chi connectivity index (χ1n) is 9.02. The van der Waals surface area contributed by atoms with Gasteiger partial charge in [0, 0.05) is 29.8 Å². The minimum absolute atomic E-state index is 0.00174. The molecule has 0 unspecified atom stereocenters. The van der Waals surface area contributed by atoms with Gasteiger partial charge in [-0.3, -0.25) is 4.79 Å². The van der Waals surface area contributed by atoms with E-state index in [1.54, 1.807) is 30.9 Å². The predicted molar refractivity (Wildman–Crippen MR) is 112 cm³/mol. The monoisotopic (exact) mass is 421 g/mol. The maximum absolute atomic E-state index is 14.2. The zero-order chi connectivity index (χ0) is 20.1. The van der Waals surface area contributed by atoms with E-state index in [9.17, 15) is 9.18 Å². The van der Waals surface area contributed by atoms with Crippen molar-refractivity contribution >= 4 is 46.0 Å². The van der Waals surface area contributed by atoms with Crippen molar-refractivity contribution in [3.8, 4) is 11.4 Å². The van der Waals surface area contributed by atoms with Gasteiger partial charge >= 0.3 is 0 Å². The van der Waals surface area contributed by atoms with Crippen LogP contribution in [0.5, 0.6) is 0 Å². The molecule has 3 rings (SSSR count). The largest absolute Gasteiger partial charge is 0.358 e. The Morgan fingerprint density at radius 2 is 2.21 bits per heavy atom. The van der Waals surface area contributed by atoms with Gasteiger partial charge in [0.05, 0.1) is 17.3 Å². The van der Waals surface area contributed by atoms with E-state index >= 15 is 0 Å². The number of nitrogens with one attached hydrogen (secondary N) is 2. The van der Waals surface area contributed by atoms with Gasteiger partial charge in [0.25, 0.3) is 0 Å². The average Bonchev–Trinajstić information content (AvgIpc) is 3.09. The lowest BCUT2D eigenvalue weighted by atomic mass is 10.1. The Hall–Kier alpha value is -2.19. The van der Waals surface area contributed by atoms with Gasteiger partial charge in [-0.15, -0.1) is 0 Å². The minimum Gasteiger partial charge on any atom is -0.358 e. The van der Waals surface area contributed by atoms with E-state index in [-0.39, 0.29) is 11.6 Å². The highest BCUT2D eigenvalue weighted by atomic mass is 35.5. The first-order valence-corrected chi connectivity index (χ1v) is 10.6. The highest BCUT2D eigenvalue weighted by Crippen LogP contribution is 2.28. The summed E-state index contributed by atoms with van der Waals surface area (Å²) in [4.78, 5) is 27.9. The molecule has 0 spiro atoms. The second kappa shape index (κ2) is 9.34. The van der Waals surface area contributed by atoms with Crippen molar-refractivity contribution in [3.63, 3.8) is 0 Å². The molecule has 28 heavy (non-hydrogen) atoms. The second-order valence-electron chi connectivity index (χ2n) is 6.28. The smallest absolute Gasteiger partial charge is 0.183 e. The van der Waals surface area contributed by atoms with E-state index in [1.165, 1.54) is 6.20 Å². The van der Waals surface area contributed by atoms with Crippen LogP contribution in [-0.4, -0.2) is 43.3 Å². The van der Waals surface area contributed by atoms with Crippen molar-refractivity contribution in [2.24, 2.45) is 0 Å². The molecule has 3 heterocycles. The molecule has 3 aromatic heterocycles. The maximum atomic E-state index is 14.2. The Balaban J connectivity index is 1.78. The fourth-order valence-electron chi connectivity index (χ4n) is 2.76. The molecule has 1 atom stereocenters. The van der Waals surface area contributed by atoms with E-state index in [4.69, 9.17) is 11.6 Å². The van der Waals surface area contributed by atoms with Gasteiger partial charge in [-0.2, -0.15) is 11.8 Å². The third-order valence-corrected chi connectivity index (χ3v) is 5.43. The third kappa shape index (κ3) is 4.80. The molecule has 6 nitrogen and oxygen atoms in total. The number of fused-ring (bicyclic) bond motifs is 1. The molecular formula is C19H21ClFN5OS. The summed E-state index contributed by atoms with van der Waals surface area (Å²) in [7, 11) is 0. The number of hydrogen-bond donors (Lipinski definition) is 2. The van der Waals surface area contributed by atoms with E-state index in [0.29, 0.717) is 28.5 Å². The maximum Gasteiger partial charge on any atom is 0.183 e. The van der Waals surface area contributed by atoms with Gasteiger partial charge in [-0.1, -0.05) is 18.5 Å². The molecule has 0 aliphatic rings. The van der Waals surface area contributed by atoms with Crippen molar-refractivity contribution in [2.75, 3.05) is 16.8 Å². The molecule has 3 aromatic rings. The number of carbonyl (C=O) groups excluding carboxylic acids is 1. The van der Waals surface area contributed by atoms with Gasteiger partial charge < -0.3 is 10.3 Å². The molecule has 2 N–H and O–H groups in total. The Labute approximate surface area is 171 Å². The molecule has 0 amide bonds. The number of nitrogens with zero attached hydrogens (tertiary/aromatic N) is 3. The number of anilines is 1. The lowest BCUT2D eigenvalue weighted by molar-refractivity contribution is -0.119. The first-order chi connectivity index (χ1) is 13.5. The van der Waals surface area contributed by atoms with Gasteiger partial charge in [-0.05, 0) is 30.9 Å². The Kier molecular flexibility index (Phi) is 6.85. The van der Waals surface area contributed by atoms with E-state index in [0.717, 1.165) is 29.5 Å². The Bertz CT molecular complexity index is 980. The number of rotatable bonds is 9. The number of Topliss-reactive ketones (excluding diaryl/α,β-unsaturated/α-hetero) is 1. The standard InChI is InChI=1S/C19H21ClFN5OS/c1-3-28-6-4-5-16(27)11(2)25-19-15(21)10-24-18(26-19)14-9-23-17-13(14)7-12(20)8-22-17/h7-11H,3-6H2,1-2H3,(H,22,23)(H,24,25,26)/t11-/m0/s1. The number of hydrogen-bond acceptors (Lipinski definition) is 6. The van der Waals surface area contributed by atoms with Gasteiger partial charge in [-0.25, -0.2) is 19.3 Å². The molecule has 148 valence electrons. The van der Waals surface area contributed by atoms with E-state index in [1.807, 2.05) is 0 Å². The summed E-state index contributed by atoms with van der Waals surface area (Å²) < 4.78 is 14.2. The minimum atomic E-state index is -0.610. The molecule has 0 fully saturated rings. The Morgan fingerprint density at radius 1 is 1.39 bits per heavy atom. The van der Waals surface area contributed by atoms with Crippen LogP contribution in [0, 0.1) is 5.82 Å². The van der Waals surface area contributed by atoms with Crippen LogP contribution >= 0.6 is 23.4 Å². The molecule has 0 aliphatic heterocycles. The fourth-order valence-corrected chi connectivity index (χ4v) is 3.55. The molecule has 0 aliphatic carbocycles. The summed E-state index contributed by atoms with van der Waals surface area (Å²) in [5.74, 6) is 1.71. The number of halogens is 2. The summed E-state index contributed by atoms with van der Waals surface area (Å²) in [5.41, 5.74) is 1.29. The SMILES string of the molecule is CCSCCCC(=O)[C@H](C)Nc1nc(-c2c[nH]c3ncc(Cl)cc23)ncc1F.